The molecule has 0 atom stereocenters. The number of piperidine rings is 1. The number of nitrogens with one attached hydrogen (secondary N) is 1. The van der Waals surface area contributed by atoms with Crippen molar-refractivity contribution in [2.75, 3.05) is 18.8 Å². The van der Waals surface area contributed by atoms with Crippen molar-refractivity contribution in [1.82, 2.24) is 10.4 Å². The number of carbonyl (C=O) groups is 1. The van der Waals surface area contributed by atoms with Crippen LogP contribution < -0.4 is 11.2 Å². The number of rotatable bonds is 2. The van der Waals surface area contributed by atoms with E-state index >= 15 is 0 Å². The lowest BCUT2D eigenvalue weighted by Gasteiger charge is -2.27. The first-order chi connectivity index (χ1) is 8.58. The summed E-state index contributed by atoms with van der Waals surface area (Å²) in [4.78, 5) is 12.0. The zero-order valence-corrected chi connectivity index (χ0v) is 11.5. The van der Waals surface area contributed by atoms with Crippen LogP contribution >= 0.6 is 15.9 Å². The second-order valence-corrected chi connectivity index (χ2v) is 5.20. The Bertz CT molecular complexity index is 461. The Balaban J connectivity index is 2.10. The fraction of sp³-hybridized carbons (Fsp3) is 0.417. The minimum atomic E-state index is -0.493. The molecule has 1 saturated heterocycles. The predicted molar refractivity (Wildman–Crippen MR) is 71.4 cm³/mol. The van der Waals surface area contributed by atoms with Gasteiger partial charge in [-0.25, -0.2) is 9.40 Å². The highest BCUT2D eigenvalue weighted by Crippen LogP contribution is 2.22. The van der Waals surface area contributed by atoms with Gasteiger partial charge in [0.05, 0.1) is 10.0 Å². The van der Waals surface area contributed by atoms with Gasteiger partial charge in [-0.1, -0.05) is 6.42 Å². The first-order valence-electron chi connectivity index (χ1n) is 5.88. The molecule has 6 heteroatoms. The molecule has 1 aliphatic heterocycles. The molecule has 4 nitrogen and oxygen atoms in total. The zero-order valence-electron chi connectivity index (χ0n) is 9.88. The maximum atomic E-state index is 13.4. The van der Waals surface area contributed by atoms with Crippen LogP contribution in [0.2, 0.25) is 0 Å². The SMILES string of the molecule is Nc1cc(Br)c(F)cc1C(=O)NN1CCCCC1. The van der Waals surface area contributed by atoms with Crippen LogP contribution in [0.25, 0.3) is 0 Å². The van der Waals surface area contributed by atoms with Crippen LogP contribution in [0.5, 0.6) is 0 Å². The van der Waals surface area contributed by atoms with Gasteiger partial charge in [-0.15, -0.1) is 0 Å². The molecule has 0 aliphatic carbocycles. The molecule has 0 radical (unpaired) electrons. The Morgan fingerprint density at radius 2 is 2.00 bits per heavy atom. The maximum absolute atomic E-state index is 13.4. The minimum absolute atomic E-state index is 0.168. The average Bonchev–Trinajstić information content (AvgIpc) is 2.35. The van der Waals surface area contributed by atoms with Crippen molar-refractivity contribution in [2.45, 2.75) is 19.3 Å². The largest absolute Gasteiger partial charge is 0.398 e. The van der Waals surface area contributed by atoms with Crippen LogP contribution in [-0.2, 0) is 0 Å². The molecule has 1 amide bonds. The average molecular weight is 316 g/mol. The summed E-state index contributed by atoms with van der Waals surface area (Å²) in [6, 6.07) is 2.55. The van der Waals surface area contributed by atoms with E-state index in [-0.39, 0.29) is 21.6 Å². The van der Waals surface area contributed by atoms with E-state index in [9.17, 15) is 9.18 Å². The molecule has 1 aromatic rings. The molecule has 1 aliphatic rings. The highest BCUT2D eigenvalue weighted by atomic mass is 79.9. The second kappa shape index (κ2) is 5.67. The smallest absolute Gasteiger partial charge is 0.267 e. The summed E-state index contributed by atoms with van der Waals surface area (Å²) < 4.78 is 13.7. The number of hydrogen-bond donors (Lipinski definition) is 2. The van der Waals surface area contributed by atoms with E-state index in [4.69, 9.17) is 5.73 Å². The maximum Gasteiger partial charge on any atom is 0.267 e. The Labute approximate surface area is 113 Å². The molecule has 98 valence electrons. The molecule has 0 spiro atoms. The number of nitrogens with zero attached hydrogens (tertiary/aromatic N) is 1. The van der Waals surface area contributed by atoms with Crippen molar-refractivity contribution < 1.29 is 9.18 Å². The van der Waals surface area contributed by atoms with E-state index in [2.05, 4.69) is 21.4 Å². The fourth-order valence-corrected chi connectivity index (χ4v) is 2.33. The standard InChI is InChI=1S/C12H15BrFN3O/c13-9-7-11(15)8(6-10(9)14)12(18)16-17-4-2-1-3-5-17/h6-7H,1-5,15H2,(H,16,18). The van der Waals surface area contributed by atoms with Gasteiger partial charge in [0.2, 0.25) is 0 Å². The fourth-order valence-electron chi connectivity index (χ4n) is 1.97. The number of hydrogen-bond acceptors (Lipinski definition) is 3. The van der Waals surface area contributed by atoms with Crippen LogP contribution in [0.1, 0.15) is 29.6 Å². The van der Waals surface area contributed by atoms with E-state index in [0.29, 0.717) is 0 Å². The lowest BCUT2D eigenvalue weighted by Crippen LogP contribution is -2.45. The summed E-state index contributed by atoms with van der Waals surface area (Å²) in [5, 5.41) is 1.85. The molecule has 0 aromatic heterocycles. The number of amides is 1. The minimum Gasteiger partial charge on any atom is -0.398 e. The van der Waals surface area contributed by atoms with E-state index in [0.717, 1.165) is 32.0 Å². The molecule has 1 aromatic carbocycles. The third kappa shape index (κ3) is 3.00. The number of hydrazine groups is 1. The molecule has 0 saturated carbocycles. The summed E-state index contributed by atoms with van der Waals surface area (Å²) in [6.45, 7) is 1.65. The molecular formula is C12H15BrFN3O. The van der Waals surface area contributed by atoms with Gasteiger partial charge in [-0.3, -0.25) is 10.2 Å². The number of nitrogen functional groups attached to an aromatic ring is 1. The predicted octanol–water partition coefficient (Wildman–Crippen LogP) is 2.30. The highest BCUT2D eigenvalue weighted by molar-refractivity contribution is 9.10. The molecule has 18 heavy (non-hydrogen) atoms. The molecule has 0 bridgehead atoms. The molecular weight excluding hydrogens is 301 g/mol. The first-order valence-corrected chi connectivity index (χ1v) is 6.67. The third-order valence-electron chi connectivity index (χ3n) is 2.95. The normalized spacial score (nSPS) is 16.6. The zero-order chi connectivity index (χ0) is 13.1. The first kappa shape index (κ1) is 13.3. The van der Waals surface area contributed by atoms with Crippen LogP contribution in [0.15, 0.2) is 16.6 Å². The number of benzene rings is 1. The van der Waals surface area contributed by atoms with Crippen molar-refractivity contribution >= 4 is 27.5 Å². The van der Waals surface area contributed by atoms with Crippen molar-refractivity contribution in [3.63, 3.8) is 0 Å². The monoisotopic (exact) mass is 315 g/mol. The Hall–Kier alpha value is -1.14. The number of anilines is 1. The second-order valence-electron chi connectivity index (χ2n) is 4.34. The topological polar surface area (TPSA) is 58.4 Å². The van der Waals surface area contributed by atoms with Gasteiger partial charge < -0.3 is 5.73 Å². The number of halogens is 2. The van der Waals surface area contributed by atoms with Crippen molar-refractivity contribution in [2.24, 2.45) is 0 Å². The Kier molecular flexibility index (Phi) is 4.19. The van der Waals surface area contributed by atoms with Crippen molar-refractivity contribution in [3.8, 4) is 0 Å². The van der Waals surface area contributed by atoms with Crippen LogP contribution in [-0.4, -0.2) is 24.0 Å². The highest BCUT2D eigenvalue weighted by Gasteiger charge is 2.17. The van der Waals surface area contributed by atoms with Crippen LogP contribution in [0, 0.1) is 5.82 Å². The van der Waals surface area contributed by atoms with E-state index in [1.807, 2.05) is 5.01 Å². The van der Waals surface area contributed by atoms with Gasteiger partial charge >= 0.3 is 0 Å². The molecule has 1 fully saturated rings. The molecule has 3 N–H and O–H groups in total. The van der Waals surface area contributed by atoms with Gasteiger partial charge in [-0.05, 0) is 40.9 Å². The number of nitrogens with two attached hydrogens (primary N) is 1. The quantitative estimate of drug-likeness (QED) is 0.823. The third-order valence-corrected chi connectivity index (χ3v) is 3.56. The summed E-state index contributed by atoms with van der Waals surface area (Å²) in [5.41, 5.74) is 8.91. The van der Waals surface area contributed by atoms with Gasteiger partial charge in [-0.2, -0.15) is 0 Å². The lowest BCUT2D eigenvalue weighted by atomic mass is 10.1. The van der Waals surface area contributed by atoms with Gasteiger partial charge in [0, 0.05) is 18.8 Å². The van der Waals surface area contributed by atoms with Crippen molar-refractivity contribution in [1.29, 1.82) is 0 Å². The molecule has 1 heterocycles. The summed E-state index contributed by atoms with van der Waals surface area (Å²) in [7, 11) is 0. The van der Waals surface area contributed by atoms with Crippen LogP contribution in [0.3, 0.4) is 0 Å². The van der Waals surface area contributed by atoms with Gasteiger partial charge in [0.15, 0.2) is 0 Å². The lowest BCUT2D eigenvalue weighted by molar-refractivity contribution is 0.0750. The van der Waals surface area contributed by atoms with Gasteiger partial charge in [0.1, 0.15) is 5.82 Å². The number of carbonyl (C=O) groups excluding carboxylic acids is 1. The summed E-state index contributed by atoms with van der Waals surface area (Å²) in [5.74, 6) is -0.853. The van der Waals surface area contributed by atoms with E-state index in [1.54, 1.807) is 0 Å². The molecule has 0 unspecified atom stereocenters. The van der Waals surface area contributed by atoms with E-state index in [1.165, 1.54) is 12.5 Å². The summed E-state index contributed by atoms with van der Waals surface area (Å²) in [6.07, 6.45) is 3.30. The van der Waals surface area contributed by atoms with Crippen LogP contribution in [0.4, 0.5) is 10.1 Å². The molecule has 2 rings (SSSR count). The Morgan fingerprint density at radius 1 is 1.33 bits per heavy atom. The van der Waals surface area contributed by atoms with E-state index < -0.39 is 5.82 Å². The Morgan fingerprint density at radius 3 is 2.67 bits per heavy atom. The van der Waals surface area contributed by atoms with Crippen molar-refractivity contribution in [3.05, 3.63) is 28.0 Å². The summed E-state index contributed by atoms with van der Waals surface area (Å²) >= 11 is 3.03. The van der Waals surface area contributed by atoms with Gasteiger partial charge in [0.25, 0.3) is 5.91 Å².